The number of thioether (sulfide) groups is 1. The predicted molar refractivity (Wildman–Crippen MR) is 72.6 cm³/mol. The summed E-state index contributed by atoms with van der Waals surface area (Å²) in [6, 6.07) is 9.61. The van der Waals surface area contributed by atoms with Crippen molar-refractivity contribution < 1.29 is 9.47 Å². The van der Waals surface area contributed by atoms with Gasteiger partial charge in [-0.3, -0.25) is 0 Å². The number of hydrogen-bond acceptors (Lipinski definition) is 6. The molecule has 20 heavy (non-hydrogen) atoms. The van der Waals surface area contributed by atoms with Crippen molar-refractivity contribution in [1.29, 1.82) is 5.26 Å². The molecule has 102 valence electrons. The first-order valence-corrected chi connectivity index (χ1v) is 7.05. The highest BCUT2D eigenvalue weighted by atomic mass is 32.2. The van der Waals surface area contributed by atoms with Crippen LogP contribution in [0, 0.1) is 11.3 Å². The first-order chi connectivity index (χ1) is 9.79. The number of benzene rings is 1. The zero-order valence-corrected chi connectivity index (χ0v) is 11.6. The van der Waals surface area contributed by atoms with Crippen LogP contribution in [0.5, 0.6) is 11.5 Å². The number of nitrogens with zero attached hydrogens (tertiary/aromatic N) is 4. The third-order valence-corrected chi connectivity index (χ3v) is 3.82. The average Bonchev–Trinajstić information content (AvgIpc) is 2.85. The molecular formula is C13H12N4O2S. The van der Waals surface area contributed by atoms with E-state index < -0.39 is 0 Å². The molecule has 0 fully saturated rings. The fourth-order valence-corrected chi connectivity index (χ4v) is 2.56. The predicted octanol–water partition coefficient (Wildman–Crippen LogP) is 1.94. The molecule has 0 unspecified atom stereocenters. The Balaban J connectivity index is 1.82. The topological polar surface area (TPSA) is 73.0 Å². The molecule has 1 atom stereocenters. The standard InChI is InChI=1S/C13H12N4O2S/c1-17-12(15-16-13(17)20-7-6-14)11-8-18-9-4-2-3-5-10(9)19-11/h2-5,11H,7-8H2,1H3/t11-/m1/s1. The summed E-state index contributed by atoms with van der Waals surface area (Å²) in [5.41, 5.74) is 0. The van der Waals surface area contributed by atoms with Crippen LogP contribution in [0.1, 0.15) is 11.9 Å². The van der Waals surface area contributed by atoms with Gasteiger partial charge >= 0.3 is 0 Å². The van der Waals surface area contributed by atoms with E-state index in [0.29, 0.717) is 29.1 Å². The minimum absolute atomic E-state index is 0.293. The van der Waals surface area contributed by atoms with Crippen molar-refractivity contribution >= 4 is 11.8 Å². The second-order valence-electron chi connectivity index (χ2n) is 4.21. The van der Waals surface area contributed by atoms with Gasteiger partial charge in [-0.1, -0.05) is 23.9 Å². The Hall–Kier alpha value is -2.20. The highest BCUT2D eigenvalue weighted by molar-refractivity contribution is 7.99. The van der Waals surface area contributed by atoms with Crippen molar-refractivity contribution in [3.05, 3.63) is 30.1 Å². The third-order valence-electron chi connectivity index (χ3n) is 2.93. The van der Waals surface area contributed by atoms with Crippen LogP contribution < -0.4 is 9.47 Å². The highest BCUT2D eigenvalue weighted by Gasteiger charge is 2.27. The van der Waals surface area contributed by atoms with Crippen LogP contribution in [-0.2, 0) is 7.05 Å². The number of ether oxygens (including phenoxy) is 2. The molecule has 1 aliphatic rings. The lowest BCUT2D eigenvalue weighted by atomic mass is 10.2. The molecule has 1 aromatic carbocycles. The molecule has 2 heterocycles. The van der Waals surface area contributed by atoms with E-state index in [1.54, 1.807) is 0 Å². The summed E-state index contributed by atoms with van der Waals surface area (Å²) in [7, 11) is 1.86. The summed E-state index contributed by atoms with van der Waals surface area (Å²) in [6.45, 7) is 0.395. The van der Waals surface area contributed by atoms with Crippen LogP contribution in [0.3, 0.4) is 0 Å². The first-order valence-electron chi connectivity index (χ1n) is 6.07. The molecule has 2 aromatic rings. The van der Waals surface area contributed by atoms with Crippen LogP contribution >= 0.6 is 11.8 Å². The minimum atomic E-state index is -0.293. The van der Waals surface area contributed by atoms with E-state index in [4.69, 9.17) is 14.7 Å². The average molecular weight is 288 g/mol. The van der Waals surface area contributed by atoms with Gasteiger partial charge in [0.25, 0.3) is 0 Å². The molecule has 1 aliphatic heterocycles. The summed E-state index contributed by atoms with van der Waals surface area (Å²) >= 11 is 1.35. The molecular weight excluding hydrogens is 276 g/mol. The number of hydrogen-bond donors (Lipinski definition) is 0. The van der Waals surface area contributed by atoms with E-state index in [1.165, 1.54) is 11.8 Å². The number of aromatic nitrogens is 3. The van der Waals surface area contributed by atoms with Gasteiger partial charge in [0.05, 0.1) is 11.8 Å². The summed E-state index contributed by atoms with van der Waals surface area (Å²) < 4.78 is 13.4. The SMILES string of the molecule is Cn1c(SCC#N)nnc1[C@H]1COc2ccccc2O1. The number of rotatable bonds is 3. The zero-order chi connectivity index (χ0) is 13.9. The van der Waals surface area contributed by atoms with E-state index in [-0.39, 0.29) is 6.10 Å². The van der Waals surface area contributed by atoms with Crippen molar-refractivity contribution in [1.82, 2.24) is 14.8 Å². The number of para-hydroxylation sites is 2. The Morgan fingerprint density at radius 3 is 3.00 bits per heavy atom. The molecule has 6 nitrogen and oxygen atoms in total. The van der Waals surface area contributed by atoms with E-state index in [9.17, 15) is 0 Å². The van der Waals surface area contributed by atoms with Gasteiger partial charge in [0, 0.05) is 7.05 Å². The first kappa shape index (κ1) is 12.8. The summed E-state index contributed by atoms with van der Waals surface area (Å²) in [5, 5.41) is 17.5. The quantitative estimate of drug-likeness (QED) is 0.804. The van der Waals surface area contributed by atoms with Gasteiger partial charge in [0.15, 0.2) is 28.6 Å². The summed E-state index contributed by atoms with van der Waals surface area (Å²) in [5.74, 6) is 2.49. The number of nitriles is 1. The van der Waals surface area contributed by atoms with Gasteiger partial charge in [-0.2, -0.15) is 5.26 Å². The van der Waals surface area contributed by atoms with E-state index in [2.05, 4.69) is 16.3 Å². The highest BCUT2D eigenvalue weighted by Crippen LogP contribution is 2.35. The van der Waals surface area contributed by atoms with Gasteiger partial charge in [-0.25, -0.2) is 0 Å². The third kappa shape index (κ3) is 2.30. The van der Waals surface area contributed by atoms with Crippen molar-refractivity contribution in [3.8, 4) is 17.6 Å². The van der Waals surface area contributed by atoms with Crippen LogP contribution in [0.4, 0.5) is 0 Å². The monoisotopic (exact) mass is 288 g/mol. The lowest BCUT2D eigenvalue weighted by molar-refractivity contribution is 0.0825. The normalized spacial score (nSPS) is 16.7. The molecule has 0 amide bonds. The van der Waals surface area contributed by atoms with E-state index in [0.717, 1.165) is 5.75 Å². The van der Waals surface area contributed by atoms with Gasteiger partial charge in [-0.05, 0) is 12.1 Å². The second kappa shape index (κ2) is 5.43. The fourth-order valence-electron chi connectivity index (χ4n) is 1.98. The van der Waals surface area contributed by atoms with Gasteiger partial charge in [0.1, 0.15) is 6.61 Å². The van der Waals surface area contributed by atoms with Crippen LogP contribution in [0.2, 0.25) is 0 Å². The van der Waals surface area contributed by atoms with Crippen LogP contribution in [0.15, 0.2) is 29.4 Å². The summed E-state index contributed by atoms with van der Waals surface area (Å²) in [6.07, 6.45) is -0.293. The largest absolute Gasteiger partial charge is 0.485 e. The molecule has 0 bridgehead atoms. The number of fused-ring (bicyclic) bond motifs is 1. The molecule has 0 aliphatic carbocycles. The molecule has 0 N–H and O–H groups in total. The van der Waals surface area contributed by atoms with E-state index >= 15 is 0 Å². The van der Waals surface area contributed by atoms with Crippen LogP contribution in [-0.4, -0.2) is 27.1 Å². The van der Waals surface area contributed by atoms with Gasteiger partial charge in [-0.15, -0.1) is 10.2 Å². The van der Waals surface area contributed by atoms with Crippen LogP contribution in [0.25, 0.3) is 0 Å². The van der Waals surface area contributed by atoms with Crippen molar-refractivity contribution in [2.75, 3.05) is 12.4 Å². The Morgan fingerprint density at radius 2 is 2.20 bits per heavy atom. The Kier molecular flexibility index (Phi) is 3.48. The van der Waals surface area contributed by atoms with Crippen molar-refractivity contribution in [2.24, 2.45) is 7.05 Å². The Labute approximate surface area is 120 Å². The maximum atomic E-state index is 8.61. The van der Waals surface area contributed by atoms with E-state index in [1.807, 2.05) is 35.9 Å². The lowest BCUT2D eigenvalue weighted by Crippen LogP contribution is -2.24. The minimum Gasteiger partial charge on any atom is -0.485 e. The Morgan fingerprint density at radius 1 is 1.40 bits per heavy atom. The van der Waals surface area contributed by atoms with Crippen molar-refractivity contribution in [2.45, 2.75) is 11.3 Å². The second-order valence-corrected chi connectivity index (χ2v) is 5.15. The molecule has 7 heteroatoms. The maximum absolute atomic E-state index is 8.61. The molecule has 0 saturated heterocycles. The smallest absolute Gasteiger partial charge is 0.192 e. The fraction of sp³-hybridized carbons (Fsp3) is 0.308. The lowest BCUT2D eigenvalue weighted by Gasteiger charge is -2.25. The van der Waals surface area contributed by atoms with Gasteiger partial charge < -0.3 is 14.0 Å². The maximum Gasteiger partial charge on any atom is 0.192 e. The molecule has 0 spiro atoms. The van der Waals surface area contributed by atoms with Crippen molar-refractivity contribution in [3.63, 3.8) is 0 Å². The molecule has 3 rings (SSSR count). The Bertz CT molecular complexity index is 665. The van der Waals surface area contributed by atoms with Gasteiger partial charge in [0.2, 0.25) is 0 Å². The zero-order valence-electron chi connectivity index (χ0n) is 10.8. The molecule has 0 radical (unpaired) electrons. The molecule has 0 saturated carbocycles. The summed E-state index contributed by atoms with van der Waals surface area (Å²) in [4.78, 5) is 0. The molecule has 1 aromatic heterocycles.